The number of nitrogens with one attached hydrogen (secondary N) is 1. The standard InChI is InChI=1S/C22H31BrN2O.2ClH/c1-4-25(5-2)14-6-13-24-16-20-15-21(23)11-12-22(20)26-17-19-9-7-18(3)8-10-19;;/h7-12,15,24H,4-6,13-14,16-17H2,1-3H3;2*1H. The second-order valence-electron chi connectivity index (χ2n) is 6.58. The number of halogens is 3. The van der Waals surface area contributed by atoms with Gasteiger partial charge in [-0.25, -0.2) is 0 Å². The molecule has 28 heavy (non-hydrogen) atoms. The second kappa shape index (κ2) is 15.1. The van der Waals surface area contributed by atoms with E-state index in [1.807, 2.05) is 12.1 Å². The molecule has 0 aliphatic rings. The predicted molar refractivity (Wildman–Crippen MR) is 128 cm³/mol. The zero-order valence-electron chi connectivity index (χ0n) is 17.0. The van der Waals surface area contributed by atoms with Crippen LogP contribution in [-0.4, -0.2) is 31.1 Å². The first-order chi connectivity index (χ1) is 12.6. The van der Waals surface area contributed by atoms with Crippen molar-refractivity contribution in [3.05, 3.63) is 63.6 Å². The van der Waals surface area contributed by atoms with E-state index in [0.29, 0.717) is 6.61 Å². The van der Waals surface area contributed by atoms with Crippen molar-refractivity contribution in [1.82, 2.24) is 10.2 Å². The summed E-state index contributed by atoms with van der Waals surface area (Å²) >= 11 is 3.57. The van der Waals surface area contributed by atoms with Crippen molar-refractivity contribution in [3.8, 4) is 5.75 Å². The molecule has 0 heterocycles. The van der Waals surface area contributed by atoms with E-state index in [-0.39, 0.29) is 24.8 Å². The Labute approximate surface area is 191 Å². The van der Waals surface area contributed by atoms with E-state index in [2.05, 4.69) is 77.2 Å². The first kappa shape index (κ1) is 27.2. The molecule has 0 aromatic heterocycles. The molecule has 0 fully saturated rings. The van der Waals surface area contributed by atoms with Crippen molar-refractivity contribution in [2.75, 3.05) is 26.2 Å². The summed E-state index contributed by atoms with van der Waals surface area (Å²) in [5.41, 5.74) is 3.65. The van der Waals surface area contributed by atoms with Gasteiger partial charge in [-0.15, -0.1) is 24.8 Å². The normalized spacial score (nSPS) is 10.3. The van der Waals surface area contributed by atoms with Gasteiger partial charge in [-0.1, -0.05) is 59.6 Å². The molecule has 3 nitrogen and oxygen atoms in total. The fourth-order valence-corrected chi connectivity index (χ4v) is 3.27. The maximum atomic E-state index is 6.08. The summed E-state index contributed by atoms with van der Waals surface area (Å²) in [6.45, 7) is 12.4. The Kier molecular flexibility index (Phi) is 14.7. The van der Waals surface area contributed by atoms with Crippen molar-refractivity contribution in [3.63, 3.8) is 0 Å². The third kappa shape index (κ3) is 9.62. The van der Waals surface area contributed by atoms with Crippen molar-refractivity contribution in [2.45, 2.75) is 40.3 Å². The summed E-state index contributed by atoms with van der Waals surface area (Å²) in [6.07, 6.45) is 1.16. The van der Waals surface area contributed by atoms with E-state index in [1.54, 1.807) is 0 Å². The van der Waals surface area contributed by atoms with Crippen LogP contribution in [0.1, 0.15) is 37.0 Å². The monoisotopic (exact) mass is 490 g/mol. The van der Waals surface area contributed by atoms with Crippen LogP contribution < -0.4 is 10.1 Å². The smallest absolute Gasteiger partial charge is 0.124 e. The molecule has 1 N–H and O–H groups in total. The van der Waals surface area contributed by atoms with Gasteiger partial charge in [0.25, 0.3) is 0 Å². The third-order valence-electron chi connectivity index (χ3n) is 4.58. The van der Waals surface area contributed by atoms with E-state index in [0.717, 1.165) is 49.4 Å². The molecule has 0 atom stereocenters. The van der Waals surface area contributed by atoms with Gasteiger partial charge in [0.15, 0.2) is 0 Å². The molecule has 0 amide bonds. The molecule has 0 bridgehead atoms. The average molecular weight is 492 g/mol. The van der Waals surface area contributed by atoms with Crippen LogP contribution in [0.3, 0.4) is 0 Å². The highest BCUT2D eigenvalue weighted by atomic mass is 79.9. The molecule has 0 saturated carbocycles. The van der Waals surface area contributed by atoms with Gasteiger partial charge in [0.05, 0.1) is 0 Å². The zero-order valence-corrected chi connectivity index (χ0v) is 20.3. The maximum absolute atomic E-state index is 6.08. The second-order valence-corrected chi connectivity index (χ2v) is 7.50. The van der Waals surface area contributed by atoms with Crippen molar-refractivity contribution >= 4 is 40.7 Å². The Morgan fingerprint density at radius 3 is 2.32 bits per heavy atom. The number of benzene rings is 2. The number of ether oxygens (including phenoxy) is 1. The Hall–Kier alpha value is -0.780. The maximum Gasteiger partial charge on any atom is 0.124 e. The number of nitrogens with zero attached hydrogens (tertiary/aromatic N) is 1. The van der Waals surface area contributed by atoms with E-state index in [9.17, 15) is 0 Å². The lowest BCUT2D eigenvalue weighted by atomic mass is 10.1. The van der Waals surface area contributed by atoms with Crippen molar-refractivity contribution in [1.29, 1.82) is 0 Å². The summed E-state index contributed by atoms with van der Waals surface area (Å²) in [4.78, 5) is 2.46. The van der Waals surface area contributed by atoms with Gasteiger partial charge in [0, 0.05) is 16.6 Å². The minimum atomic E-state index is 0. The molecule has 0 unspecified atom stereocenters. The van der Waals surface area contributed by atoms with Crippen molar-refractivity contribution in [2.24, 2.45) is 0 Å². The van der Waals surface area contributed by atoms with Crippen LogP contribution in [0.15, 0.2) is 46.9 Å². The fourth-order valence-electron chi connectivity index (χ4n) is 2.86. The van der Waals surface area contributed by atoms with E-state index >= 15 is 0 Å². The molecule has 158 valence electrons. The van der Waals surface area contributed by atoms with Gasteiger partial charge < -0.3 is 15.0 Å². The van der Waals surface area contributed by atoms with Gasteiger partial charge in [-0.2, -0.15) is 0 Å². The molecule has 2 aromatic carbocycles. The van der Waals surface area contributed by atoms with Crippen LogP contribution in [-0.2, 0) is 13.2 Å². The lowest BCUT2D eigenvalue weighted by Gasteiger charge is -2.18. The van der Waals surface area contributed by atoms with Crippen molar-refractivity contribution < 1.29 is 4.74 Å². The molecule has 6 heteroatoms. The van der Waals surface area contributed by atoms with Crippen LogP contribution in [0.2, 0.25) is 0 Å². The zero-order chi connectivity index (χ0) is 18.8. The molecule has 0 radical (unpaired) electrons. The highest BCUT2D eigenvalue weighted by Crippen LogP contribution is 2.24. The Morgan fingerprint density at radius 2 is 1.68 bits per heavy atom. The SMILES string of the molecule is CCN(CC)CCCNCc1cc(Br)ccc1OCc1ccc(C)cc1.Cl.Cl. The summed E-state index contributed by atoms with van der Waals surface area (Å²) in [5.74, 6) is 0.949. The van der Waals surface area contributed by atoms with Crippen LogP contribution in [0.5, 0.6) is 5.75 Å². The molecule has 0 aliphatic carbocycles. The number of rotatable bonds is 11. The highest BCUT2D eigenvalue weighted by molar-refractivity contribution is 9.10. The fraction of sp³-hybridized carbons (Fsp3) is 0.455. The lowest BCUT2D eigenvalue weighted by Crippen LogP contribution is -2.27. The number of hydrogen-bond acceptors (Lipinski definition) is 3. The minimum Gasteiger partial charge on any atom is -0.489 e. The quantitative estimate of drug-likeness (QED) is 0.390. The predicted octanol–water partition coefficient (Wildman–Crippen LogP) is 6.00. The molecule has 0 spiro atoms. The topological polar surface area (TPSA) is 24.5 Å². The molecule has 0 saturated heterocycles. The number of hydrogen-bond donors (Lipinski definition) is 1. The van der Waals surface area contributed by atoms with Crippen LogP contribution in [0, 0.1) is 6.92 Å². The summed E-state index contributed by atoms with van der Waals surface area (Å²) in [5, 5.41) is 3.55. The third-order valence-corrected chi connectivity index (χ3v) is 5.07. The lowest BCUT2D eigenvalue weighted by molar-refractivity contribution is 0.295. The molecule has 2 aromatic rings. The Bertz CT molecular complexity index is 664. The molecule has 2 rings (SSSR count). The summed E-state index contributed by atoms with van der Waals surface area (Å²) in [6, 6.07) is 14.7. The van der Waals surface area contributed by atoms with Gasteiger partial charge in [-0.05, 0) is 63.3 Å². The van der Waals surface area contributed by atoms with Gasteiger partial charge in [0.1, 0.15) is 12.4 Å². The first-order valence-corrected chi connectivity index (χ1v) is 10.3. The summed E-state index contributed by atoms with van der Waals surface area (Å²) in [7, 11) is 0. The van der Waals surface area contributed by atoms with E-state index in [1.165, 1.54) is 16.7 Å². The van der Waals surface area contributed by atoms with Crippen LogP contribution in [0.4, 0.5) is 0 Å². The molecule has 0 aliphatic heterocycles. The molecular formula is C22H33BrCl2N2O. The molecular weight excluding hydrogens is 459 g/mol. The summed E-state index contributed by atoms with van der Waals surface area (Å²) < 4.78 is 7.16. The van der Waals surface area contributed by atoms with E-state index < -0.39 is 0 Å². The first-order valence-electron chi connectivity index (χ1n) is 9.52. The largest absolute Gasteiger partial charge is 0.489 e. The van der Waals surface area contributed by atoms with E-state index in [4.69, 9.17) is 4.74 Å². The average Bonchev–Trinajstić information content (AvgIpc) is 2.65. The van der Waals surface area contributed by atoms with Gasteiger partial charge in [0.2, 0.25) is 0 Å². The Balaban J connectivity index is 0.00000364. The number of aryl methyl sites for hydroxylation is 1. The Morgan fingerprint density at radius 1 is 1.00 bits per heavy atom. The minimum absolute atomic E-state index is 0. The highest BCUT2D eigenvalue weighted by Gasteiger charge is 2.06. The van der Waals surface area contributed by atoms with Gasteiger partial charge >= 0.3 is 0 Å². The van der Waals surface area contributed by atoms with Gasteiger partial charge in [-0.3, -0.25) is 0 Å². The van der Waals surface area contributed by atoms with Crippen LogP contribution in [0.25, 0.3) is 0 Å². The van der Waals surface area contributed by atoms with Crippen LogP contribution >= 0.6 is 40.7 Å².